The van der Waals surface area contributed by atoms with Gasteiger partial charge in [-0.1, -0.05) is 29.5 Å². The van der Waals surface area contributed by atoms with E-state index in [1.165, 1.54) is 15.6 Å². The zero-order chi connectivity index (χ0) is 23.0. The van der Waals surface area contributed by atoms with Crippen LogP contribution in [-0.2, 0) is 16.6 Å². The number of hydrogen-bond acceptors (Lipinski definition) is 6. The van der Waals surface area contributed by atoms with Gasteiger partial charge in [0, 0.05) is 36.6 Å². The number of fused-ring (bicyclic) bond motifs is 1. The van der Waals surface area contributed by atoms with E-state index < -0.39 is 10.0 Å². The third kappa shape index (κ3) is 4.29. The summed E-state index contributed by atoms with van der Waals surface area (Å²) in [7, 11) is -3.50. The highest BCUT2D eigenvalue weighted by molar-refractivity contribution is 7.91. The van der Waals surface area contributed by atoms with Crippen LogP contribution in [0.2, 0.25) is 0 Å². The van der Waals surface area contributed by atoms with Crippen molar-refractivity contribution in [1.29, 1.82) is 0 Å². The van der Waals surface area contributed by atoms with Gasteiger partial charge >= 0.3 is 0 Å². The highest BCUT2D eigenvalue weighted by Gasteiger charge is 2.31. The van der Waals surface area contributed by atoms with E-state index in [0.717, 1.165) is 21.5 Å². The van der Waals surface area contributed by atoms with E-state index in [9.17, 15) is 13.2 Å². The van der Waals surface area contributed by atoms with Crippen LogP contribution in [0.25, 0.3) is 11.0 Å². The summed E-state index contributed by atoms with van der Waals surface area (Å²) in [6, 6.07) is 18.7. The van der Waals surface area contributed by atoms with Gasteiger partial charge in [-0.15, -0.1) is 16.4 Å². The first kappa shape index (κ1) is 21.7. The number of thiophene rings is 1. The van der Waals surface area contributed by atoms with Crippen LogP contribution in [-0.4, -0.2) is 64.7 Å². The summed E-state index contributed by atoms with van der Waals surface area (Å²) >= 11 is 1.27. The molecule has 1 aliphatic rings. The van der Waals surface area contributed by atoms with Gasteiger partial charge in [-0.25, -0.2) is 13.1 Å². The molecule has 0 saturated carbocycles. The monoisotopic (exact) mass is 481 g/mol. The average Bonchev–Trinajstić information content (AvgIpc) is 3.46. The molecule has 170 valence electrons. The Balaban J connectivity index is 1.22. The minimum atomic E-state index is -3.50. The van der Waals surface area contributed by atoms with Gasteiger partial charge < -0.3 is 4.90 Å². The van der Waals surface area contributed by atoms with Gasteiger partial charge in [0.05, 0.1) is 12.1 Å². The smallest absolute Gasteiger partial charge is 0.253 e. The van der Waals surface area contributed by atoms with Gasteiger partial charge in [0.2, 0.25) is 0 Å². The van der Waals surface area contributed by atoms with Crippen LogP contribution < -0.4 is 0 Å². The number of benzene rings is 2. The standard InChI is InChI=1S/C23H23N5O3S2/c1-17-6-11-22(32-17)33(30,31)27-14-12-26(13-15-27)23(29)19-9-7-18(8-10-19)16-28-21-5-3-2-4-20(21)24-25-28/h2-11H,12-16H2,1H3. The second kappa shape index (κ2) is 8.69. The molecule has 0 N–H and O–H groups in total. The SMILES string of the molecule is Cc1ccc(S(=O)(=O)N2CCN(C(=O)c3ccc(Cn4nnc5ccccc54)cc3)CC2)s1. The molecule has 0 radical (unpaired) electrons. The molecule has 10 heteroatoms. The third-order valence-corrected chi connectivity index (χ3v) is 9.16. The quantitative estimate of drug-likeness (QED) is 0.437. The summed E-state index contributed by atoms with van der Waals surface area (Å²) in [4.78, 5) is 15.6. The van der Waals surface area contributed by atoms with Crippen molar-refractivity contribution >= 4 is 38.3 Å². The number of aryl methyl sites for hydroxylation is 1. The molecule has 0 spiro atoms. The number of carbonyl (C=O) groups is 1. The van der Waals surface area contributed by atoms with Crippen molar-refractivity contribution in [3.63, 3.8) is 0 Å². The highest BCUT2D eigenvalue weighted by atomic mass is 32.2. The average molecular weight is 482 g/mol. The Morgan fingerprint density at radius 2 is 1.70 bits per heavy atom. The fraction of sp³-hybridized carbons (Fsp3) is 0.261. The number of para-hydroxylation sites is 1. The normalized spacial score (nSPS) is 15.2. The fourth-order valence-corrected chi connectivity index (χ4v) is 6.81. The molecule has 2 aromatic carbocycles. The van der Waals surface area contributed by atoms with Crippen molar-refractivity contribution in [1.82, 2.24) is 24.2 Å². The first-order valence-corrected chi connectivity index (χ1v) is 12.9. The zero-order valence-corrected chi connectivity index (χ0v) is 19.7. The predicted molar refractivity (Wildman–Crippen MR) is 127 cm³/mol. The largest absolute Gasteiger partial charge is 0.336 e. The highest BCUT2D eigenvalue weighted by Crippen LogP contribution is 2.25. The Bertz CT molecular complexity index is 1400. The predicted octanol–water partition coefficient (Wildman–Crippen LogP) is 3.00. The summed E-state index contributed by atoms with van der Waals surface area (Å²) in [6.45, 7) is 3.78. The van der Waals surface area contributed by atoms with E-state index in [0.29, 0.717) is 42.5 Å². The first-order valence-electron chi connectivity index (χ1n) is 10.6. The summed E-state index contributed by atoms with van der Waals surface area (Å²) in [5.41, 5.74) is 3.42. The maximum atomic E-state index is 13.0. The van der Waals surface area contributed by atoms with Crippen LogP contribution >= 0.6 is 11.3 Å². The Kier molecular flexibility index (Phi) is 5.73. The molecule has 3 heterocycles. The van der Waals surface area contributed by atoms with Gasteiger partial charge in [0.1, 0.15) is 9.73 Å². The molecule has 1 fully saturated rings. The lowest BCUT2D eigenvalue weighted by molar-refractivity contribution is 0.0698. The van der Waals surface area contributed by atoms with E-state index in [2.05, 4.69) is 10.3 Å². The van der Waals surface area contributed by atoms with Crippen molar-refractivity contribution < 1.29 is 13.2 Å². The van der Waals surface area contributed by atoms with Crippen LogP contribution in [0.15, 0.2) is 64.9 Å². The lowest BCUT2D eigenvalue weighted by Gasteiger charge is -2.33. The molecule has 0 atom stereocenters. The van der Waals surface area contributed by atoms with Gasteiger partial charge in [-0.3, -0.25) is 4.79 Å². The van der Waals surface area contributed by atoms with Crippen LogP contribution in [0.4, 0.5) is 0 Å². The number of nitrogens with zero attached hydrogens (tertiary/aromatic N) is 5. The van der Waals surface area contributed by atoms with E-state index in [4.69, 9.17) is 0 Å². The van der Waals surface area contributed by atoms with Crippen LogP contribution in [0, 0.1) is 6.92 Å². The number of hydrogen-bond donors (Lipinski definition) is 0. The zero-order valence-electron chi connectivity index (χ0n) is 18.1. The van der Waals surface area contributed by atoms with E-state index >= 15 is 0 Å². The molecule has 1 amide bonds. The number of sulfonamides is 1. The molecule has 0 aliphatic carbocycles. The van der Waals surface area contributed by atoms with E-state index in [1.54, 1.807) is 11.0 Å². The molecule has 1 aliphatic heterocycles. The van der Waals surface area contributed by atoms with Crippen LogP contribution in [0.3, 0.4) is 0 Å². The molecule has 33 heavy (non-hydrogen) atoms. The Labute approximate surface area is 196 Å². The van der Waals surface area contributed by atoms with Gasteiger partial charge in [-0.2, -0.15) is 4.31 Å². The summed E-state index contributed by atoms with van der Waals surface area (Å²) in [5.74, 6) is -0.0863. The summed E-state index contributed by atoms with van der Waals surface area (Å²) in [6.07, 6.45) is 0. The van der Waals surface area contributed by atoms with Crippen molar-refractivity contribution in [3.05, 3.63) is 76.7 Å². The topological polar surface area (TPSA) is 88.4 Å². The molecular weight excluding hydrogens is 458 g/mol. The van der Waals surface area contributed by atoms with Crippen molar-refractivity contribution in [2.75, 3.05) is 26.2 Å². The van der Waals surface area contributed by atoms with Crippen molar-refractivity contribution in [2.45, 2.75) is 17.7 Å². The lowest BCUT2D eigenvalue weighted by atomic mass is 10.1. The molecule has 1 saturated heterocycles. The molecule has 5 rings (SSSR count). The molecular formula is C23H23N5O3S2. The summed E-state index contributed by atoms with van der Waals surface area (Å²) < 4.78 is 29.3. The van der Waals surface area contributed by atoms with Crippen LogP contribution in [0.1, 0.15) is 20.8 Å². The third-order valence-electron chi connectivity index (χ3n) is 5.79. The lowest BCUT2D eigenvalue weighted by Crippen LogP contribution is -2.50. The maximum Gasteiger partial charge on any atom is 0.253 e. The van der Waals surface area contributed by atoms with Gasteiger partial charge in [0.15, 0.2) is 0 Å². The van der Waals surface area contributed by atoms with Crippen LogP contribution in [0.5, 0.6) is 0 Å². The Hall–Kier alpha value is -3.08. The molecule has 8 nitrogen and oxygen atoms in total. The minimum Gasteiger partial charge on any atom is -0.336 e. The first-order chi connectivity index (χ1) is 15.9. The molecule has 0 bridgehead atoms. The number of piperazine rings is 1. The Morgan fingerprint density at radius 3 is 2.39 bits per heavy atom. The molecule has 2 aromatic heterocycles. The number of carbonyl (C=O) groups excluding carboxylic acids is 1. The van der Waals surface area contributed by atoms with E-state index in [1.807, 2.05) is 66.2 Å². The van der Waals surface area contributed by atoms with Crippen molar-refractivity contribution in [3.8, 4) is 0 Å². The Morgan fingerprint density at radius 1 is 0.970 bits per heavy atom. The molecule has 0 unspecified atom stereocenters. The minimum absolute atomic E-state index is 0.0863. The van der Waals surface area contributed by atoms with Gasteiger partial charge in [-0.05, 0) is 48.9 Å². The molecule has 4 aromatic rings. The van der Waals surface area contributed by atoms with Crippen molar-refractivity contribution in [2.24, 2.45) is 0 Å². The van der Waals surface area contributed by atoms with Gasteiger partial charge in [0.25, 0.3) is 15.9 Å². The number of aromatic nitrogens is 3. The summed E-state index contributed by atoms with van der Waals surface area (Å²) in [5, 5.41) is 8.38. The second-order valence-electron chi connectivity index (χ2n) is 7.99. The number of amides is 1. The maximum absolute atomic E-state index is 13.0. The fourth-order valence-electron chi connectivity index (χ4n) is 3.95. The second-order valence-corrected chi connectivity index (χ2v) is 11.4. The number of rotatable bonds is 5. The van der Waals surface area contributed by atoms with E-state index in [-0.39, 0.29) is 5.91 Å².